The van der Waals surface area contributed by atoms with E-state index in [0.717, 1.165) is 55.1 Å². The van der Waals surface area contributed by atoms with Gasteiger partial charge in [-0.3, -0.25) is 9.69 Å². The monoisotopic (exact) mass is 497 g/mol. The van der Waals surface area contributed by atoms with E-state index < -0.39 is 11.6 Å². The van der Waals surface area contributed by atoms with Gasteiger partial charge in [-0.15, -0.1) is 0 Å². The van der Waals surface area contributed by atoms with Crippen molar-refractivity contribution in [2.45, 2.75) is 72.3 Å². The molecule has 2 aliphatic heterocycles. The third-order valence-corrected chi connectivity index (χ3v) is 6.49. The number of hydrogen-bond acceptors (Lipinski definition) is 7. The molecule has 1 fully saturated rings. The van der Waals surface area contributed by atoms with Gasteiger partial charge in [0.05, 0.1) is 13.7 Å². The van der Waals surface area contributed by atoms with Crippen LogP contribution in [0.15, 0.2) is 41.2 Å². The van der Waals surface area contributed by atoms with Gasteiger partial charge in [-0.2, -0.15) is 0 Å². The molecule has 36 heavy (non-hydrogen) atoms. The maximum Gasteiger partial charge on any atom is 0.342 e. The summed E-state index contributed by atoms with van der Waals surface area (Å²) in [5.41, 5.74) is 2.69. The first-order valence-electron chi connectivity index (χ1n) is 13.3. The van der Waals surface area contributed by atoms with E-state index in [-0.39, 0.29) is 5.78 Å². The average Bonchev–Trinajstić information content (AvgIpc) is 2.86. The lowest BCUT2D eigenvalue weighted by Crippen LogP contribution is -2.40. The zero-order valence-corrected chi connectivity index (χ0v) is 22.9. The summed E-state index contributed by atoms with van der Waals surface area (Å²) in [5, 5.41) is 3.54. The highest BCUT2D eigenvalue weighted by Crippen LogP contribution is 2.31. The highest BCUT2D eigenvalue weighted by Gasteiger charge is 2.26. The van der Waals surface area contributed by atoms with Crippen molar-refractivity contribution in [1.29, 1.82) is 0 Å². The molecule has 0 unspecified atom stereocenters. The fraction of sp³-hybridized carbons (Fsp3) is 0.586. The summed E-state index contributed by atoms with van der Waals surface area (Å²) in [6.07, 6.45) is 7.43. The second kappa shape index (κ2) is 12.4. The van der Waals surface area contributed by atoms with E-state index >= 15 is 0 Å². The van der Waals surface area contributed by atoms with Gasteiger partial charge in [-0.1, -0.05) is 20.3 Å². The fourth-order valence-corrected chi connectivity index (χ4v) is 4.70. The van der Waals surface area contributed by atoms with Gasteiger partial charge < -0.3 is 19.7 Å². The molecule has 0 saturated carbocycles. The zero-order valence-electron chi connectivity index (χ0n) is 22.9. The van der Waals surface area contributed by atoms with Crippen molar-refractivity contribution in [2.24, 2.45) is 0 Å². The van der Waals surface area contributed by atoms with Gasteiger partial charge in [0, 0.05) is 30.4 Å². The number of benzene rings is 1. The van der Waals surface area contributed by atoms with Gasteiger partial charge in [0.1, 0.15) is 22.7 Å². The molecule has 0 radical (unpaired) electrons. The Balaban J connectivity index is 1.88. The second-order valence-corrected chi connectivity index (χ2v) is 10.5. The number of carbonyl (C=O) groups excluding carboxylic acids is 2. The molecule has 7 nitrogen and oxygen atoms in total. The molecule has 3 rings (SSSR count). The summed E-state index contributed by atoms with van der Waals surface area (Å²) in [5.74, 6) is 1.28. The van der Waals surface area contributed by atoms with Gasteiger partial charge in [0.15, 0.2) is 5.78 Å². The summed E-state index contributed by atoms with van der Waals surface area (Å²) in [7, 11) is 1.57. The van der Waals surface area contributed by atoms with E-state index in [1.54, 1.807) is 13.2 Å². The van der Waals surface area contributed by atoms with Crippen molar-refractivity contribution < 1.29 is 19.1 Å². The number of nitrogens with zero attached hydrogens (tertiary/aromatic N) is 2. The van der Waals surface area contributed by atoms with Crippen LogP contribution < -0.4 is 15.0 Å². The van der Waals surface area contributed by atoms with Crippen LogP contribution in [0.3, 0.4) is 0 Å². The van der Waals surface area contributed by atoms with E-state index in [4.69, 9.17) is 9.47 Å². The molecule has 0 aromatic heterocycles. The van der Waals surface area contributed by atoms with E-state index in [2.05, 4.69) is 35.0 Å². The Bertz CT molecular complexity index is 1000. The summed E-state index contributed by atoms with van der Waals surface area (Å²) < 4.78 is 11.1. The summed E-state index contributed by atoms with van der Waals surface area (Å²) in [4.78, 5) is 30.2. The summed E-state index contributed by atoms with van der Waals surface area (Å²) in [6, 6.07) is 5.58. The topological polar surface area (TPSA) is 71.1 Å². The van der Waals surface area contributed by atoms with Crippen LogP contribution in [0.5, 0.6) is 5.75 Å². The van der Waals surface area contributed by atoms with E-state index in [1.807, 2.05) is 32.9 Å². The molecule has 7 heteroatoms. The number of carbonyl (C=O) groups is 2. The average molecular weight is 498 g/mol. The van der Waals surface area contributed by atoms with E-state index in [1.165, 1.54) is 19.3 Å². The maximum atomic E-state index is 13.0. The minimum atomic E-state index is -0.586. The molecule has 0 spiro atoms. The largest absolute Gasteiger partial charge is 0.496 e. The van der Waals surface area contributed by atoms with E-state index in [0.29, 0.717) is 24.4 Å². The van der Waals surface area contributed by atoms with Crippen molar-refractivity contribution in [3.8, 4) is 5.75 Å². The number of Topliss-reactive ketones (excluding diaryl/α,β-unsaturated/α-hetero) is 1. The van der Waals surface area contributed by atoms with Gasteiger partial charge in [-0.25, -0.2) is 4.79 Å². The third kappa shape index (κ3) is 7.12. The molecular weight excluding hydrogens is 454 g/mol. The zero-order chi connectivity index (χ0) is 26.3. The number of esters is 1. The van der Waals surface area contributed by atoms with Crippen LogP contribution in [0.1, 0.15) is 77.1 Å². The highest BCUT2D eigenvalue weighted by molar-refractivity contribution is 5.98. The minimum Gasteiger partial charge on any atom is -0.496 e. The number of rotatable bonds is 10. The molecule has 0 bridgehead atoms. The molecular formula is C29H43N3O4. The Morgan fingerprint density at radius 1 is 1.11 bits per heavy atom. The molecule has 1 aromatic carbocycles. The van der Waals surface area contributed by atoms with Crippen LogP contribution in [-0.2, 0) is 9.53 Å². The lowest BCUT2D eigenvalue weighted by atomic mass is 10.0. The predicted octanol–water partition coefficient (Wildman–Crippen LogP) is 5.07. The smallest absolute Gasteiger partial charge is 0.342 e. The minimum absolute atomic E-state index is 0.208. The Morgan fingerprint density at radius 3 is 2.44 bits per heavy atom. The van der Waals surface area contributed by atoms with Gasteiger partial charge in [-0.05, 0) is 83.3 Å². The molecule has 2 aliphatic rings. The Labute approximate surface area is 216 Å². The van der Waals surface area contributed by atoms with Crippen LogP contribution in [0, 0.1) is 0 Å². The number of methoxy groups -OCH3 is 1. The van der Waals surface area contributed by atoms with Crippen molar-refractivity contribution in [2.75, 3.05) is 44.7 Å². The van der Waals surface area contributed by atoms with Gasteiger partial charge >= 0.3 is 5.97 Å². The fourth-order valence-electron chi connectivity index (χ4n) is 4.70. The van der Waals surface area contributed by atoms with Gasteiger partial charge in [0.25, 0.3) is 0 Å². The molecule has 0 atom stereocenters. The first kappa shape index (κ1) is 27.8. The molecule has 2 heterocycles. The molecule has 198 valence electrons. The molecule has 1 N–H and O–H groups in total. The predicted molar refractivity (Wildman–Crippen MR) is 145 cm³/mol. The van der Waals surface area contributed by atoms with Crippen molar-refractivity contribution >= 4 is 17.4 Å². The Hall–Kier alpha value is -2.80. The third-order valence-electron chi connectivity index (χ3n) is 6.49. The number of piperidine rings is 1. The number of likely N-dealkylation sites (tertiary alicyclic amines) is 1. The first-order chi connectivity index (χ1) is 17.2. The number of nitrogens with one attached hydrogen (secondary N) is 1. The van der Waals surface area contributed by atoms with E-state index in [9.17, 15) is 9.59 Å². The van der Waals surface area contributed by atoms with Crippen LogP contribution in [0.4, 0.5) is 5.69 Å². The summed E-state index contributed by atoms with van der Waals surface area (Å²) in [6.45, 7) is 13.6. The quantitative estimate of drug-likeness (QED) is 0.452. The number of anilines is 1. The highest BCUT2D eigenvalue weighted by atomic mass is 16.6. The molecule has 1 aromatic rings. The maximum absolute atomic E-state index is 13.0. The van der Waals surface area contributed by atoms with Crippen LogP contribution >= 0.6 is 0 Å². The first-order valence-corrected chi connectivity index (χ1v) is 13.3. The van der Waals surface area contributed by atoms with Crippen LogP contribution in [0.25, 0.3) is 0 Å². The molecule has 0 aliphatic carbocycles. The normalized spacial score (nSPS) is 16.8. The van der Waals surface area contributed by atoms with Crippen molar-refractivity contribution in [1.82, 2.24) is 10.2 Å². The Morgan fingerprint density at radius 2 is 1.83 bits per heavy atom. The standard InChI is InChI=1S/C29H43N3O4/c1-7-14-32(23-12-13-24(26(18-23)35-6)28(34)36-29(3,4)5)27-21(8-2)17-22(19-30-27)25(33)20-31-15-10-9-11-16-31/h12-13,17-18,30H,7-11,14-16,19-20H2,1-6H3. The Kier molecular flexibility index (Phi) is 9.60. The lowest BCUT2D eigenvalue weighted by Gasteiger charge is -2.33. The van der Waals surface area contributed by atoms with Crippen molar-refractivity contribution in [3.05, 3.63) is 46.8 Å². The van der Waals surface area contributed by atoms with Crippen LogP contribution in [0.2, 0.25) is 0 Å². The number of hydrogen-bond donors (Lipinski definition) is 1. The SMILES string of the molecule is CCCN(C1=C(CC)C=C(C(=O)CN2CCCCC2)CN1)c1ccc(C(=O)OC(C)(C)C)c(OC)c1. The van der Waals surface area contributed by atoms with Crippen molar-refractivity contribution in [3.63, 3.8) is 0 Å². The summed E-state index contributed by atoms with van der Waals surface area (Å²) >= 11 is 0. The number of allylic oxidation sites excluding steroid dienone is 2. The number of ether oxygens (including phenoxy) is 2. The number of ketones is 1. The molecule has 0 amide bonds. The second-order valence-electron chi connectivity index (χ2n) is 10.5. The molecule has 1 saturated heterocycles. The van der Waals surface area contributed by atoms with Crippen LogP contribution in [-0.4, -0.2) is 62.1 Å². The van der Waals surface area contributed by atoms with Gasteiger partial charge in [0.2, 0.25) is 0 Å². The lowest BCUT2D eigenvalue weighted by molar-refractivity contribution is -0.117. The number of dihydropyridines is 1.